The average molecular weight is 258 g/mol. The van der Waals surface area contributed by atoms with E-state index in [1.807, 2.05) is 0 Å². The third kappa shape index (κ3) is 3.18. The van der Waals surface area contributed by atoms with Crippen LogP contribution in [-0.2, 0) is 0 Å². The standard InChI is InChI=1S/C17H26N2/c1-2-17(9-10-17)14-19-12-6-11-18-16(13-19)15-7-4-3-5-8-15/h3-5,7-8,16,18H,2,6,9-14H2,1H3. The van der Waals surface area contributed by atoms with Crippen molar-refractivity contribution in [2.75, 3.05) is 26.2 Å². The van der Waals surface area contributed by atoms with E-state index in [2.05, 4.69) is 47.5 Å². The minimum Gasteiger partial charge on any atom is -0.309 e. The predicted molar refractivity (Wildman–Crippen MR) is 80.2 cm³/mol. The second-order valence-corrected chi connectivity index (χ2v) is 6.36. The van der Waals surface area contributed by atoms with Gasteiger partial charge in [-0.3, -0.25) is 0 Å². The predicted octanol–water partition coefficient (Wildman–Crippen LogP) is 3.21. The molecule has 1 atom stereocenters. The summed E-state index contributed by atoms with van der Waals surface area (Å²) in [4.78, 5) is 2.70. The first-order valence-electron chi connectivity index (χ1n) is 7.82. The summed E-state index contributed by atoms with van der Waals surface area (Å²) in [5.74, 6) is 0. The van der Waals surface area contributed by atoms with E-state index in [1.165, 1.54) is 50.9 Å². The molecule has 0 aromatic heterocycles. The van der Waals surface area contributed by atoms with Gasteiger partial charge in [0.05, 0.1) is 0 Å². The molecule has 19 heavy (non-hydrogen) atoms. The molecule has 1 saturated heterocycles. The molecule has 104 valence electrons. The van der Waals surface area contributed by atoms with Gasteiger partial charge in [-0.15, -0.1) is 0 Å². The van der Waals surface area contributed by atoms with Gasteiger partial charge >= 0.3 is 0 Å². The lowest BCUT2D eigenvalue weighted by molar-refractivity contribution is 0.212. The molecule has 0 bridgehead atoms. The van der Waals surface area contributed by atoms with Gasteiger partial charge < -0.3 is 10.2 Å². The first-order valence-corrected chi connectivity index (χ1v) is 7.82. The molecule has 2 fully saturated rings. The molecule has 3 rings (SSSR count). The minimum absolute atomic E-state index is 0.511. The quantitative estimate of drug-likeness (QED) is 0.892. The van der Waals surface area contributed by atoms with Crippen molar-refractivity contribution < 1.29 is 0 Å². The van der Waals surface area contributed by atoms with Crippen LogP contribution in [0, 0.1) is 5.41 Å². The molecule has 2 aliphatic rings. The molecule has 2 nitrogen and oxygen atoms in total. The second-order valence-electron chi connectivity index (χ2n) is 6.36. The van der Waals surface area contributed by atoms with Crippen molar-refractivity contribution in [3.63, 3.8) is 0 Å². The molecule has 0 spiro atoms. The Labute approximate surface area is 117 Å². The number of benzene rings is 1. The number of nitrogens with zero attached hydrogens (tertiary/aromatic N) is 1. The van der Waals surface area contributed by atoms with Gasteiger partial charge in [0.25, 0.3) is 0 Å². The van der Waals surface area contributed by atoms with Crippen molar-refractivity contribution in [1.82, 2.24) is 10.2 Å². The molecule has 1 saturated carbocycles. The van der Waals surface area contributed by atoms with Crippen LogP contribution in [0.2, 0.25) is 0 Å². The Balaban J connectivity index is 1.66. The van der Waals surface area contributed by atoms with Crippen LogP contribution >= 0.6 is 0 Å². The highest BCUT2D eigenvalue weighted by atomic mass is 15.2. The smallest absolute Gasteiger partial charge is 0.0449 e. The highest BCUT2D eigenvalue weighted by molar-refractivity contribution is 5.19. The fraction of sp³-hybridized carbons (Fsp3) is 0.647. The van der Waals surface area contributed by atoms with Gasteiger partial charge in [0.2, 0.25) is 0 Å². The SMILES string of the molecule is CCC1(CN2CCCNC(c3ccccc3)C2)CC1. The summed E-state index contributed by atoms with van der Waals surface area (Å²) in [6.07, 6.45) is 5.53. The average Bonchev–Trinajstić information content (AvgIpc) is 3.25. The summed E-state index contributed by atoms with van der Waals surface area (Å²) in [5.41, 5.74) is 2.11. The second kappa shape index (κ2) is 5.64. The first kappa shape index (κ1) is 13.1. The zero-order valence-corrected chi connectivity index (χ0v) is 12.1. The number of rotatable bonds is 4. The lowest BCUT2D eigenvalue weighted by Crippen LogP contribution is -2.35. The Morgan fingerprint density at radius 1 is 1.26 bits per heavy atom. The highest BCUT2D eigenvalue weighted by Gasteiger charge is 2.42. The summed E-state index contributed by atoms with van der Waals surface area (Å²) >= 11 is 0. The van der Waals surface area contributed by atoms with Crippen LogP contribution < -0.4 is 5.32 Å². The Morgan fingerprint density at radius 2 is 2.05 bits per heavy atom. The maximum atomic E-state index is 3.71. The topological polar surface area (TPSA) is 15.3 Å². The van der Waals surface area contributed by atoms with Crippen LogP contribution in [0.15, 0.2) is 30.3 Å². The van der Waals surface area contributed by atoms with Crippen molar-refractivity contribution >= 4 is 0 Å². The van der Waals surface area contributed by atoms with Gasteiger partial charge in [-0.2, -0.15) is 0 Å². The number of hydrogen-bond donors (Lipinski definition) is 1. The van der Waals surface area contributed by atoms with E-state index in [0.29, 0.717) is 11.5 Å². The Bertz CT molecular complexity index is 397. The zero-order chi connectivity index (χ0) is 13.1. The normalized spacial score (nSPS) is 26.9. The monoisotopic (exact) mass is 258 g/mol. The Morgan fingerprint density at radius 3 is 2.74 bits per heavy atom. The molecule has 1 unspecified atom stereocenters. The molecule has 1 heterocycles. The van der Waals surface area contributed by atoms with Gasteiger partial charge in [0.15, 0.2) is 0 Å². The van der Waals surface area contributed by atoms with Gasteiger partial charge in [-0.25, -0.2) is 0 Å². The lowest BCUT2D eigenvalue weighted by atomic mass is 10.0. The molecular formula is C17H26N2. The van der Waals surface area contributed by atoms with Gasteiger partial charge in [-0.05, 0) is 49.8 Å². The van der Waals surface area contributed by atoms with Crippen molar-refractivity contribution in [2.24, 2.45) is 5.41 Å². The van der Waals surface area contributed by atoms with E-state index in [9.17, 15) is 0 Å². The number of nitrogens with one attached hydrogen (secondary N) is 1. The molecule has 1 N–H and O–H groups in total. The third-order valence-electron chi connectivity index (χ3n) is 4.95. The summed E-state index contributed by atoms with van der Waals surface area (Å²) in [6.45, 7) is 7.26. The summed E-state index contributed by atoms with van der Waals surface area (Å²) < 4.78 is 0. The molecule has 0 amide bonds. The fourth-order valence-corrected chi connectivity index (χ4v) is 3.32. The van der Waals surface area contributed by atoms with Crippen molar-refractivity contribution in [3.8, 4) is 0 Å². The van der Waals surface area contributed by atoms with E-state index >= 15 is 0 Å². The lowest BCUT2D eigenvalue weighted by Gasteiger charge is -2.28. The van der Waals surface area contributed by atoms with Crippen molar-refractivity contribution in [1.29, 1.82) is 0 Å². The van der Waals surface area contributed by atoms with Crippen LogP contribution in [0.1, 0.15) is 44.2 Å². The van der Waals surface area contributed by atoms with E-state index in [1.54, 1.807) is 0 Å². The molecular weight excluding hydrogens is 232 g/mol. The highest BCUT2D eigenvalue weighted by Crippen LogP contribution is 2.49. The zero-order valence-electron chi connectivity index (χ0n) is 12.1. The minimum atomic E-state index is 0.511. The summed E-state index contributed by atoms with van der Waals surface area (Å²) in [5, 5.41) is 3.71. The largest absolute Gasteiger partial charge is 0.309 e. The summed E-state index contributed by atoms with van der Waals surface area (Å²) in [6, 6.07) is 11.4. The van der Waals surface area contributed by atoms with Crippen LogP contribution in [0.4, 0.5) is 0 Å². The van der Waals surface area contributed by atoms with Gasteiger partial charge in [0.1, 0.15) is 0 Å². The molecule has 1 aromatic rings. The molecule has 2 heteroatoms. The Kier molecular flexibility index (Phi) is 3.90. The fourth-order valence-electron chi connectivity index (χ4n) is 3.32. The van der Waals surface area contributed by atoms with Crippen molar-refractivity contribution in [3.05, 3.63) is 35.9 Å². The molecule has 1 aliphatic heterocycles. The molecule has 0 radical (unpaired) electrons. The van der Waals surface area contributed by atoms with Crippen LogP contribution in [0.25, 0.3) is 0 Å². The first-order chi connectivity index (χ1) is 9.31. The summed E-state index contributed by atoms with van der Waals surface area (Å²) in [7, 11) is 0. The third-order valence-corrected chi connectivity index (χ3v) is 4.95. The maximum Gasteiger partial charge on any atom is 0.0449 e. The van der Waals surface area contributed by atoms with E-state index in [4.69, 9.17) is 0 Å². The van der Waals surface area contributed by atoms with Crippen LogP contribution in [0.3, 0.4) is 0 Å². The van der Waals surface area contributed by atoms with E-state index in [0.717, 1.165) is 6.54 Å². The van der Waals surface area contributed by atoms with E-state index in [-0.39, 0.29) is 0 Å². The molecule has 1 aliphatic carbocycles. The van der Waals surface area contributed by atoms with Gasteiger partial charge in [0, 0.05) is 19.1 Å². The van der Waals surface area contributed by atoms with Crippen molar-refractivity contribution in [2.45, 2.75) is 38.6 Å². The van der Waals surface area contributed by atoms with Crippen LogP contribution in [-0.4, -0.2) is 31.1 Å². The number of hydrogen-bond acceptors (Lipinski definition) is 2. The maximum absolute atomic E-state index is 3.71. The van der Waals surface area contributed by atoms with E-state index < -0.39 is 0 Å². The van der Waals surface area contributed by atoms with Crippen LogP contribution in [0.5, 0.6) is 0 Å². The molecule has 1 aromatic carbocycles. The van der Waals surface area contributed by atoms with Gasteiger partial charge in [-0.1, -0.05) is 37.3 Å². The Hall–Kier alpha value is -0.860.